The van der Waals surface area contributed by atoms with E-state index in [1.807, 2.05) is 18.2 Å². The van der Waals surface area contributed by atoms with E-state index < -0.39 is 0 Å². The minimum absolute atomic E-state index is 0.138. The van der Waals surface area contributed by atoms with Crippen molar-refractivity contribution in [1.29, 1.82) is 5.41 Å². The van der Waals surface area contributed by atoms with Crippen molar-refractivity contribution >= 4 is 16.5 Å². The van der Waals surface area contributed by atoms with E-state index in [-0.39, 0.29) is 5.75 Å². The third-order valence-electron chi connectivity index (χ3n) is 4.99. The first-order valence-corrected chi connectivity index (χ1v) is 8.28. The van der Waals surface area contributed by atoms with E-state index in [2.05, 4.69) is 42.5 Å². The minimum Gasteiger partial charge on any atom is -0.507 e. The Balaban J connectivity index is 1.80. The number of benzene rings is 4. The van der Waals surface area contributed by atoms with Crippen LogP contribution >= 0.6 is 0 Å². The maximum absolute atomic E-state index is 10.1. The molecule has 4 aromatic rings. The fraction of sp³-hybridized carbons (Fsp3) is 0. The lowest BCUT2D eigenvalue weighted by atomic mass is 9.93. The van der Waals surface area contributed by atoms with E-state index in [0.29, 0.717) is 11.3 Å². The Morgan fingerprint density at radius 1 is 0.600 bits per heavy atom. The number of para-hydroxylation sites is 1. The number of aromatic hydroxyl groups is 1. The summed E-state index contributed by atoms with van der Waals surface area (Å²) in [5.74, 6) is 0.138. The normalized spacial score (nSPS) is 11.5. The maximum atomic E-state index is 10.1. The molecule has 0 unspecified atom stereocenters. The van der Waals surface area contributed by atoms with Crippen LogP contribution in [0.3, 0.4) is 0 Å². The standard InChI is InChI=1S/C23H15NO/c24-23(20-8-3-4-11-21(20)25)19-13-12-18-15-7-2-1-6-14(15)16-9-5-10-17(19)22(16)18/h1-13,24-25H. The molecule has 0 spiro atoms. The van der Waals surface area contributed by atoms with Crippen LogP contribution in [0.25, 0.3) is 33.0 Å². The summed E-state index contributed by atoms with van der Waals surface area (Å²) < 4.78 is 0. The molecule has 0 saturated carbocycles. The zero-order valence-corrected chi connectivity index (χ0v) is 13.5. The molecule has 0 aliphatic heterocycles. The molecule has 0 fully saturated rings. The van der Waals surface area contributed by atoms with Gasteiger partial charge in [-0.05, 0) is 45.2 Å². The summed E-state index contributed by atoms with van der Waals surface area (Å²) in [5.41, 5.74) is 6.67. The molecule has 25 heavy (non-hydrogen) atoms. The zero-order valence-electron chi connectivity index (χ0n) is 13.5. The van der Waals surface area contributed by atoms with Gasteiger partial charge in [0.05, 0.1) is 5.71 Å². The number of fused-ring (bicyclic) bond motifs is 3. The molecule has 0 heterocycles. The number of nitrogens with one attached hydrogen (secondary N) is 1. The molecule has 1 aliphatic carbocycles. The summed E-state index contributed by atoms with van der Waals surface area (Å²) in [6.45, 7) is 0. The highest BCUT2D eigenvalue weighted by molar-refractivity contribution is 6.24. The maximum Gasteiger partial charge on any atom is 0.124 e. The molecule has 2 N–H and O–H groups in total. The molecule has 118 valence electrons. The highest BCUT2D eigenvalue weighted by atomic mass is 16.3. The third-order valence-corrected chi connectivity index (χ3v) is 4.99. The van der Waals surface area contributed by atoms with E-state index in [1.165, 1.54) is 27.6 Å². The Morgan fingerprint density at radius 3 is 2.00 bits per heavy atom. The third kappa shape index (κ3) is 1.88. The zero-order chi connectivity index (χ0) is 17.0. The molecule has 0 atom stereocenters. The van der Waals surface area contributed by atoms with Crippen molar-refractivity contribution in [2.75, 3.05) is 0 Å². The van der Waals surface area contributed by atoms with Crippen LogP contribution in [0.5, 0.6) is 5.75 Å². The van der Waals surface area contributed by atoms with Crippen LogP contribution in [0, 0.1) is 5.41 Å². The molecule has 2 nitrogen and oxygen atoms in total. The molecule has 4 aromatic carbocycles. The van der Waals surface area contributed by atoms with E-state index in [9.17, 15) is 5.11 Å². The van der Waals surface area contributed by atoms with Gasteiger partial charge in [-0.3, -0.25) is 5.41 Å². The number of phenols is 1. The van der Waals surface area contributed by atoms with Gasteiger partial charge in [-0.1, -0.05) is 66.7 Å². The lowest BCUT2D eigenvalue weighted by Crippen LogP contribution is -2.02. The van der Waals surface area contributed by atoms with Crippen molar-refractivity contribution in [2.45, 2.75) is 0 Å². The van der Waals surface area contributed by atoms with Crippen molar-refractivity contribution in [2.24, 2.45) is 0 Å². The molecular weight excluding hydrogens is 306 g/mol. The molecule has 0 aromatic heterocycles. The van der Waals surface area contributed by atoms with E-state index in [1.54, 1.807) is 18.2 Å². The summed E-state index contributed by atoms with van der Waals surface area (Å²) in [5, 5.41) is 21.0. The van der Waals surface area contributed by atoms with Crippen molar-refractivity contribution in [3.05, 3.63) is 90.0 Å². The van der Waals surface area contributed by atoms with Crippen molar-refractivity contribution in [3.8, 4) is 28.0 Å². The number of hydrogen-bond donors (Lipinski definition) is 2. The number of phenolic OH excluding ortho intramolecular Hbond substituents is 1. The highest BCUT2D eigenvalue weighted by Gasteiger charge is 2.23. The Kier molecular flexibility index (Phi) is 2.83. The second kappa shape index (κ2) is 5.05. The van der Waals surface area contributed by atoms with Crippen LogP contribution in [0.15, 0.2) is 78.9 Å². The van der Waals surface area contributed by atoms with Crippen molar-refractivity contribution in [3.63, 3.8) is 0 Å². The highest BCUT2D eigenvalue weighted by Crippen LogP contribution is 2.47. The van der Waals surface area contributed by atoms with Crippen LogP contribution in [0.4, 0.5) is 0 Å². The molecule has 5 rings (SSSR count). The molecular formula is C23H15NO. The second-order valence-electron chi connectivity index (χ2n) is 6.33. The minimum atomic E-state index is 0.138. The average Bonchev–Trinajstić information content (AvgIpc) is 2.98. The largest absolute Gasteiger partial charge is 0.507 e. The van der Waals surface area contributed by atoms with Crippen LogP contribution < -0.4 is 0 Å². The van der Waals surface area contributed by atoms with Crippen LogP contribution in [0.2, 0.25) is 0 Å². The lowest BCUT2D eigenvalue weighted by molar-refractivity contribution is 0.474. The summed E-state index contributed by atoms with van der Waals surface area (Å²) in [4.78, 5) is 0. The summed E-state index contributed by atoms with van der Waals surface area (Å²) >= 11 is 0. The average molecular weight is 321 g/mol. The van der Waals surface area contributed by atoms with Crippen molar-refractivity contribution in [1.82, 2.24) is 0 Å². The molecule has 2 heteroatoms. The summed E-state index contributed by atoms with van der Waals surface area (Å²) in [7, 11) is 0. The number of hydrogen-bond acceptors (Lipinski definition) is 2. The van der Waals surface area contributed by atoms with Gasteiger partial charge in [-0.25, -0.2) is 0 Å². The Hall–Kier alpha value is -3.39. The van der Waals surface area contributed by atoms with Gasteiger partial charge in [0.15, 0.2) is 0 Å². The van der Waals surface area contributed by atoms with Crippen LogP contribution in [-0.4, -0.2) is 10.8 Å². The Morgan fingerprint density at radius 2 is 1.24 bits per heavy atom. The Bertz CT molecular complexity index is 1140. The van der Waals surface area contributed by atoms with E-state index in [0.717, 1.165) is 10.9 Å². The van der Waals surface area contributed by atoms with E-state index >= 15 is 0 Å². The smallest absolute Gasteiger partial charge is 0.124 e. The predicted octanol–water partition coefficient (Wildman–Crippen LogP) is 5.61. The Labute approximate surface area is 145 Å². The van der Waals surface area contributed by atoms with Gasteiger partial charge in [-0.15, -0.1) is 0 Å². The van der Waals surface area contributed by atoms with Gasteiger partial charge in [0, 0.05) is 11.1 Å². The first kappa shape index (κ1) is 14.0. The van der Waals surface area contributed by atoms with Crippen LogP contribution in [0.1, 0.15) is 11.1 Å². The van der Waals surface area contributed by atoms with Crippen molar-refractivity contribution < 1.29 is 5.11 Å². The SMILES string of the molecule is N=C(c1ccccc1O)c1ccc2c3c(cccc13)-c1ccccc1-2. The van der Waals surface area contributed by atoms with E-state index in [4.69, 9.17) is 5.41 Å². The fourth-order valence-corrected chi connectivity index (χ4v) is 3.86. The topological polar surface area (TPSA) is 44.1 Å². The molecule has 0 bridgehead atoms. The summed E-state index contributed by atoms with van der Waals surface area (Å²) in [6, 6.07) is 25.8. The monoisotopic (exact) mass is 321 g/mol. The quantitative estimate of drug-likeness (QED) is 0.408. The summed E-state index contributed by atoms with van der Waals surface area (Å²) in [6.07, 6.45) is 0. The van der Waals surface area contributed by atoms with Gasteiger partial charge in [-0.2, -0.15) is 0 Å². The second-order valence-corrected chi connectivity index (χ2v) is 6.33. The van der Waals surface area contributed by atoms with Gasteiger partial charge < -0.3 is 5.11 Å². The van der Waals surface area contributed by atoms with Gasteiger partial charge in [0.2, 0.25) is 0 Å². The fourth-order valence-electron chi connectivity index (χ4n) is 3.86. The molecule has 0 saturated heterocycles. The molecule has 1 aliphatic rings. The molecule has 0 amide bonds. The first-order valence-electron chi connectivity index (χ1n) is 8.28. The molecule has 0 radical (unpaired) electrons. The number of rotatable bonds is 2. The van der Waals surface area contributed by atoms with Gasteiger partial charge >= 0.3 is 0 Å². The predicted molar refractivity (Wildman–Crippen MR) is 102 cm³/mol. The first-order chi connectivity index (χ1) is 12.3. The van der Waals surface area contributed by atoms with Crippen LogP contribution in [-0.2, 0) is 0 Å². The van der Waals surface area contributed by atoms with Gasteiger partial charge in [0.25, 0.3) is 0 Å². The lowest BCUT2D eigenvalue weighted by Gasteiger charge is -2.11. The van der Waals surface area contributed by atoms with Gasteiger partial charge in [0.1, 0.15) is 5.75 Å².